The van der Waals surface area contributed by atoms with Gasteiger partial charge in [-0.05, 0) is 44.2 Å². The van der Waals surface area contributed by atoms with Crippen LogP contribution in [0.4, 0.5) is 11.8 Å². The molecule has 11 heteroatoms. The van der Waals surface area contributed by atoms with Crippen LogP contribution in [0.15, 0.2) is 6.33 Å². The molecule has 2 fully saturated rings. The molecule has 2 aromatic rings. The molecule has 206 valence electrons. The first kappa shape index (κ1) is 27.5. The smallest absolute Gasteiger partial charge is 0.226 e. The Bertz CT molecular complexity index is 1070. The molecule has 0 bridgehead atoms. The summed E-state index contributed by atoms with van der Waals surface area (Å²) in [5.41, 5.74) is 1.39. The zero-order chi connectivity index (χ0) is 26.7. The fourth-order valence-corrected chi connectivity index (χ4v) is 5.41. The summed E-state index contributed by atoms with van der Waals surface area (Å²) in [6, 6.07) is -0.560. The van der Waals surface area contributed by atoms with Crippen LogP contribution in [0.3, 0.4) is 0 Å². The molecule has 0 aromatic carbocycles. The van der Waals surface area contributed by atoms with Gasteiger partial charge in [-0.1, -0.05) is 34.6 Å². The minimum atomic E-state index is -1.07. The predicted octanol–water partition coefficient (Wildman–Crippen LogP) is 2.13. The van der Waals surface area contributed by atoms with Crippen molar-refractivity contribution in [2.45, 2.75) is 97.1 Å². The van der Waals surface area contributed by atoms with Crippen molar-refractivity contribution in [1.29, 1.82) is 0 Å². The van der Waals surface area contributed by atoms with Gasteiger partial charge in [-0.25, -0.2) is 4.98 Å². The van der Waals surface area contributed by atoms with Crippen molar-refractivity contribution in [3.8, 4) is 0 Å². The molecular formula is C26H44N8O3. The van der Waals surface area contributed by atoms with E-state index in [2.05, 4.69) is 53.5 Å². The number of likely N-dealkylation sites (tertiary alicyclic amines) is 1. The average molecular weight is 517 g/mol. The van der Waals surface area contributed by atoms with E-state index in [9.17, 15) is 15.0 Å². The summed E-state index contributed by atoms with van der Waals surface area (Å²) in [5, 5.41) is 31.3. The first-order valence-corrected chi connectivity index (χ1v) is 13.7. The molecule has 11 nitrogen and oxygen atoms in total. The quantitative estimate of drug-likeness (QED) is 0.321. The zero-order valence-electron chi connectivity index (χ0n) is 22.9. The summed E-state index contributed by atoms with van der Waals surface area (Å²) in [6.45, 7) is 14.2. The highest BCUT2D eigenvalue weighted by Crippen LogP contribution is 2.34. The minimum Gasteiger partial charge on any atom is -0.388 e. The van der Waals surface area contributed by atoms with Gasteiger partial charge < -0.3 is 30.7 Å². The highest BCUT2D eigenvalue weighted by molar-refractivity contribution is 5.84. The number of hydrogen-bond acceptors (Lipinski definition) is 9. The number of hydrogen-bond donors (Lipinski definition) is 5. The third-order valence-corrected chi connectivity index (χ3v) is 7.67. The number of aliphatic hydroxyl groups is 2. The van der Waals surface area contributed by atoms with E-state index < -0.39 is 24.3 Å². The lowest BCUT2D eigenvalue weighted by molar-refractivity contribution is -0.122. The van der Waals surface area contributed by atoms with Crippen LogP contribution in [0, 0.1) is 5.41 Å². The Labute approximate surface area is 219 Å². The second-order valence-electron chi connectivity index (χ2n) is 11.6. The number of likely N-dealkylation sites (N-methyl/N-ethyl adjacent to an activating group) is 1. The van der Waals surface area contributed by atoms with Crippen molar-refractivity contribution >= 4 is 28.8 Å². The van der Waals surface area contributed by atoms with Gasteiger partial charge in [0.2, 0.25) is 11.9 Å². The molecule has 0 radical (unpaired) electrons. The molecule has 2 aliphatic rings. The number of aliphatic hydroxyl groups excluding tert-OH is 2. The molecule has 0 unspecified atom stereocenters. The van der Waals surface area contributed by atoms with E-state index in [-0.39, 0.29) is 11.3 Å². The molecule has 1 aliphatic heterocycles. The first-order valence-electron chi connectivity index (χ1n) is 13.7. The zero-order valence-corrected chi connectivity index (χ0v) is 22.9. The van der Waals surface area contributed by atoms with Gasteiger partial charge in [0.1, 0.15) is 12.2 Å². The van der Waals surface area contributed by atoms with E-state index in [0.717, 1.165) is 39.0 Å². The Morgan fingerprint density at radius 2 is 1.95 bits per heavy atom. The van der Waals surface area contributed by atoms with E-state index in [1.165, 1.54) is 6.42 Å². The normalized spacial score (nSPS) is 26.6. The molecule has 3 heterocycles. The number of carbonyl (C=O) groups excluding carboxylic acids is 1. The average Bonchev–Trinajstić information content (AvgIpc) is 3.56. The van der Waals surface area contributed by atoms with E-state index in [1.807, 2.05) is 4.57 Å². The number of imidazole rings is 1. The molecule has 0 spiro atoms. The molecule has 4 rings (SSSR count). The van der Waals surface area contributed by atoms with E-state index in [4.69, 9.17) is 9.97 Å². The third kappa shape index (κ3) is 6.32. The molecule has 2 aromatic heterocycles. The van der Waals surface area contributed by atoms with Gasteiger partial charge in [0.25, 0.3) is 0 Å². The van der Waals surface area contributed by atoms with Crippen LogP contribution in [0.1, 0.15) is 72.8 Å². The van der Waals surface area contributed by atoms with Crippen LogP contribution in [0.2, 0.25) is 0 Å². The van der Waals surface area contributed by atoms with Gasteiger partial charge in [-0.2, -0.15) is 9.97 Å². The summed E-state index contributed by atoms with van der Waals surface area (Å²) in [5.74, 6) is 1.01. The maximum Gasteiger partial charge on any atom is 0.226 e. The van der Waals surface area contributed by atoms with E-state index in [0.29, 0.717) is 41.8 Å². The van der Waals surface area contributed by atoms with Crippen LogP contribution in [-0.4, -0.2) is 91.0 Å². The fourth-order valence-electron chi connectivity index (χ4n) is 5.41. The highest BCUT2D eigenvalue weighted by atomic mass is 16.3. The maximum atomic E-state index is 11.9. The predicted molar refractivity (Wildman–Crippen MR) is 145 cm³/mol. The molecule has 5 atom stereocenters. The van der Waals surface area contributed by atoms with Gasteiger partial charge in [-0.3, -0.25) is 9.69 Å². The Kier molecular flexibility index (Phi) is 8.55. The van der Waals surface area contributed by atoms with Crippen molar-refractivity contribution in [2.24, 2.45) is 5.41 Å². The van der Waals surface area contributed by atoms with Crippen molar-refractivity contribution in [2.75, 3.05) is 36.8 Å². The standard InChI is InChI=1S/C26H44N8O3/c1-6-19(35)30-17-13-18(22(37)21(17)36)34-15-29-20-23(27-11-10-26(3,4)5)31-25(32-24(20)34)28-14-16-9-8-12-33(16)7-2/h15-18,21-22,36-37H,6-14H2,1-5H3,(H,30,35)(H2,27,28,31,32)/t16-,17+,18-,21-,22+/m1/s1. The third-order valence-electron chi connectivity index (χ3n) is 7.67. The Hall–Kier alpha value is -2.50. The summed E-state index contributed by atoms with van der Waals surface area (Å²) >= 11 is 0. The van der Waals surface area contributed by atoms with E-state index >= 15 is 0 Å². The monoisotopic (exact) mass is 516 g/mol. The number of carbonyl (C=O) groups is 1. The second-order valence-corrected chi connectivity index (χ2v) is 11.6. The largest absolute Gasteiger partial charge is 0.388 e. The number of anilines is 2. The molecule has 1 saturated heterocycles. The molecule has 1 saturated carbocycles. The van der Waals surface area contributed by atoms with Gasteiger partial charge in [0, 0.05) is 25.6 Å². The van der Waals surface area contributed by atoms with Crippen molar-refractivity contribution in [1.82, 2.24) is 29.7 Å². The van der Waals surface area contributed by atoms with Crippen LogP contribution < -0.4 is 16.0 Å². The second kappa shape index (κ2) is 11.5. The molecule has 37 heavy (non-hydrogen) atoms. The number of nitrogens with one attached hydrogen (secondary N) is 3. The lowest BCUT2D eigenvalue weighted by Gasteiger charge is -2.23. The Morgan fingerprint density at radius 1 is 1.16 bits per heavy atom. The van der Waals surface area contributed by atoms with Gasteiger partial charge in [-0.15, -0.1) is 0 Å². The van der Waals surface area contributed by atoms with Crippen molar-refractivity contribution in [3.63, 3.8) is 0 Å². The number of fused-ring (bicyclic) bond motifs is 1. The van der Waals surface area contributed by atoms with Gasteiger partial charge >= 0.3 is 0 Å². The highest BCUT2D eigenvalue weighted by Gasteiger charge is 2.43. The van der Waals surface area contributed by atoms with Crippen molar-refractivity contribution < 1.29 is 15.0 Å². The lowest BCUT2D eigenvalue weighted by atomic mass is 9.92. The fraction of sp³-hybridized carbons (Fsp3) is 0.769. The SMILES string of the molecule is CCC(=O)N[C@H]1C[C@@H](n2cnc3c(NCCC(C)(C)C)nc(NC[C@H]4CCCN4CC)nc32)[C@H](O)[C@@H]1O. The molecular weight excluding hydrogens is 472 g/mol. The maximum absolute atomic E-state index is 11.9. The molecule has 1 aliphatic carbocycles. The van der Waals surface area contributed by atoms with Crippen LogP contribution in [-0.2, 0) is 4.79 Å². The van der Waals surface area contributed by atoms with Crippen LogP contribution in [0.5, 0.6) is 0 Å². The summed E-state index contributed by atoms with van der Waals surface area (Å²) in [7, 11) is 0. The molecule has 5 N–H and O–H groups in total. The van der Waals surface area contributed by atoms with Crippen molar-refractivity contribution in [3.05, 3.63) is 6.33 Å². The summed E-state index contributed by atoms with van der Waals surface area (Å²) < 4.78 is 1.82. The minimum absolute atomic E-state index is 0.153. The topological polar surface area (TPSA) is 140 Å². The summed E-state index contributed by atoms with van der Waals surface area (Å²) in [4.78, 5) is 28.6. The number of rotatable bonds is 10. The number of nitrogens with zero attached hydrogens (tertiary/aromatic N) is 5. The Morgan fingerprint density at radius 3 is 2.65 bits per heavy atom. The van der Waals surface area contributed by atoms with Crippen LogP contribution in [0.25, 0.3) is 11.2 Å². The van der Waals surface area contributed by atoms with Crippen LogP contribution >= 0.6 is 0 Å². The Balaban J connectivity index is 1.61. The van der Waals surface area contributed by atoms with E-state index in [1.54, 1.807) is 13.3 Å². The number of aromatic nitrogens is 4. The molecule has 1 amide bonds. The van der Waals surface area contributed by atoms with Gasteiger partial charge in [0.15, 0.2) is 17.0 Å². The lowest BCUT2D eigenvalue weighted by Crippen LogP contribution is -2.42. The summed E-state index contributed by atoms with van der Waals surface area (Å²) in [6.07, 6.45) is 3.54. The number of amides is 1. The first-order chi connectivity index (χ1) is 17.6. The van der Waals surface area contributed by atoms with Gasteiger partial charge in [0.05, 0.1) is 18.4 Å².